The minimum absolute atomic E-state index is 0.217. The van der Waals surface area contributed by atoms with E-state index in [1.54, 1.807) is 25.2 Å². The molecule has 0 bridgehead atoms. The third-order valence-electron chi connectivity index (χ3n) is 2.48. The molecule has 3 N–H and O–H groups in total. The van der Waals surface area contributed by atoms with Crippen molar-refractivity contribution in [2.45, 2.75) is 0 Å². The van der Waals surface area contributed by atoms with E-state index in [2.05, 4.69) is 5.32 Å². The molecule has 0 aliphatic heterocycles. The van der Waals surface area contributed by atoms with E-state index >= 15 is 0 Å². The molecule has 17 heavy (non-hydrogen) atoms. The fourth-order valence-electron chi connectivity index (χ4n) is 1.56. The van der Waals surface area contributed by atoms with Crippen molar-refractivity contribution in [2.24, 2.45) is 12.8 Å². The Hall–Kier alpha value is -2.08. The van der Waals surface area contributed by atoms with Crippen LogP contribution in [0.5, 0.6) is 0 Å². The van der Waals surface area contributed by atoms with Gasteiger partial charge in [-0.2, -0.15) is 0 Å². The highest BCUT2D eigenvalue weighted by Gasteiger charge is 2.10. The van der Waals surface area contributed by atoms with Crippen LogP contribution in [0.2, 0.25) is 0 Å². The van der Waals surface area contributed by atoms with Crippen LogP contribution in [0.25, 0.3) is 11.1 Å². The van der Waals surface area contributed by atoms with Gasteiger partial charge in [0.25, 0.3) is 5.91 Å². The number of carbonyl (C=O) groups is 1. The molecule has 6 heteroatoms. The van der Waals surface area contributed by atoms with E-state index in [9.17, 15) is 9.59 Å². The predicted molar refractivity (Wildman–Crippen MR) is 62.8 cm³/mol. The van der Waals surface area contributed by atoms with E-state index in [4.69, 9.17) is 10.2 Å². The molecule has 90 valence electrons. The van der Waals surface area contributed by atoms with Gasteiger partial charge in [0.05, 0.1) is 5.52 Å². The Bertz CT molecular complexity index is 612. The number of nitrogens with zero attached hydrogens (tertiary/aromatic N) is 1. The first kappa shape index (κ1) is 11.4. The van der Waals surface area contributed by atoms with Gasteiger partial charge >= 0.3 is 5.76 Å². The van der Waals surface area contributed by atoms with Gasteiger partial charge in [-0.1, -0.05) is 0 Å². The van der Waals surface area contributed by atoms with Crippen LogP contribution in [0, 0.1) is 0 Å². The fraction of sp³-hybridized carbons (Fsp3) is 0.273. The SMILES string of the molecule is Cn1c(=O)oc2ccc(C(=O)NCCN)cc21. The van der Waals surface area contributed by atoms with Crippen LogP contribution >= 0.6 is 0 Å². The maximum Gasteiger partial charge on any atom is 0.419 e. The van der Waals surface area contributed by atoms with Crippen molar-refractivity contribution in [3.8, 4) is 0 Å². The highest BCUT2D eigenvalue weighted by molar-refractivity contribution is 5.97. The second-order valence-electron chi connectivity index (χ2n) is 3.65. The summed E-state index contributed by atoms with van der Waals surface area (Å²) in [5.41, 5.74) is 6.83. The lowest BCUT2D eigenvalue weighted by atomic mass is 10.2. The Morgan fingerprint density at radius 1 is 1.53 bits per heavy atom. The van der Waals surface area contributed by atoms with Crippen molar-refractivity contribution >= 4 is 17.0 Å². The Morgan fingerprint density at radius 2 is 2.29 bits per heavy atom. The number of carbonyl (C=O) groups excluding carboxylic acids is 1. The predicted octanol–water partition coefficient (Wildman–Crippen LogP) is -0.180. The first-order valence-corrected chi connectivity index (χ1v) is 5.21. The van der Waals surface area contributed by atoms with E-state index in [0.717, 1.165) is 0 Å². The number of aryl methyl sites for hydroxylation is 1. The third-order valence-corrected chi connectivity index (χ3v) is 2.48. The van der Waals surface area contributed by atoms with Crippen molar-refractivity contribution in [1.29, 1.82) is 0 Å². The third kappa shape index (κ3) is 2.07. The van der Waals surface area contributed by atoms with Crippen LogP contribution < -0.4 is 16.8 Å². The van der Waals surface area contributed by atoms with Gasteiger partial charge in [-0.3, -0.25) is 9.36 Å². The van der Waals surface area contributed by atoms with Gasteiger partial charge in [-0.25, -0.2) is 4.79 Å². The Labute approximate surface area is 97.0 Å². The minimum Gasteiger partial charge on any atom is -0.408 e. The van der Waals surface area contributed by atoms with Crippen molar-refractivity contribution < 1.29 is 9.21 Å². The number of rotatable bonds is 3. The Balaban J connectivity index is 2.40. The van der Waals surface area contributed by atoms with Crippen LogP contribution in [-0.2, 0) is 7.05 Å². The van der Waals surface area contributed by atoms with Crippen LogP contribution in [0.3, 0.4) is 0 Å². The topological polar surface area (TPSA) is 90.3 Å². The Kier molecular flexibility index (Phi) is 2.97. The largest absolute Gasteiger partial charge is 0.419 e. The number of benzene rings is 1. The minimum atomic E-state index is -0.445. The number of nitrogens with two attached hydrogens (primary N) is 1. The molecule has 0 unspecified atom stereocenters. The number of fused-ring (bicyclic) bond motifs is 1. The molecule has 2 aromatic rings. The molecular formula is C11H13N3O3. The van der Waals surface area contributed by atoms with Crippen LogP contribution in [0.15, 0.2) is 27.4 Å². The quantitative estimate of drug-likeness (QED) is 0.772. The van der Waals surface area contributed by atoms with E-state index in [1.807, 2.05) is 0 Å². The van der Waals surface area contributed by atoms with Gasteiger partial charge in [0.2, 0.25) is 0 Å². The molecule has 2 rings (SSSR count). The number of hydrogen-bond acceptors (Lipinski definition) is 4. The molecule has 0 saturated carbocycles. The van der Waals surface area contributed by atoms with Crippen LogP contribution in [0.4, 0.5) is 0 Å². The van der Waals surface area contributed by atoms with E-state index in [0.29, 0.717) is 29.8 Å². The molecule has 1 amide bonds. The van der Waals surface area contributed by atoms with E-state index in [-0.39, 0.29) is 5.91 Å². The summed E-state index contributed by atoms with van der Waals surface area (Å²) in [4.78, 5) is 23.0. The summed E-state index contributed by atoms with van der Waals surface area (Å²) in [6.07, 6.45) is 0. The van der Waals surface area contributed by atoms with Gasteiger partial charge in [0.15, 0.2) is 5.58 Å². The smallest absolute Gasteiger partial charge is 0.408 e. The summed E-state index contributed by atoms with van der Waals surface area (Å²) in [5.74, 6) is -0.662. The lowest BCUT2D eigenvalue weighted by Gasteiger charge is -2.03. The summed E-state index contributed by atoms with van der Waals surface area (Å²) >= 11 is 0. The highest BCUT2D eigenvalue weighted by atomic mass is 16.4. The molecule has 1 aromatic carbocycles. The zero-order valence-electron chi connectivity index (χ0n) is 9.40. The molecule has 6 nitrogen and oxygen atoms in total. The number of oxazole rings is 1. The maximum atomic E-state index is 11.7. The lowest BCUT2D eigenvalue weighted by molar-refractivity contribution is 0.0955. The standard InChI is InChI=1S/C11H13N3O3/c1-14-8-6-7(10(15)13-5-4-12)2-3-9(8)17-11(14)16/h2-3,6H,4-5,12H2,1H3,(H,13,15). The molecule has 0 aliphatic rings. The molecule has 0 spiro atoms. The summed E-state index contributed by atoms with van der Waals surface area (Å²) in [6.45, 7) is 0.805. The van der Waals surface area contributed by atoms with Gasteiger partial charge in [0.1, 0.15) is 0 Å². The molecule has 0 saturated heterocycles. The monoisotopic (exact) mass is 235 g/mol. The number of hydrogen-bond donors (Lipinski definition) is 2. The number of nitrogens with one attached hydrogen (secondary N) is 1. The van der Waals surface area contributed by atoms with Crippen molar-refractivity contribution in [3.05, 3.63) is 34.3 Å². The van der Waals surface area contributed by atoms with Crippen molar-refractivity contribution in [3.63, 3.8) is 0 Å². The zero-order valence-corrected chi connectivity index (χ0v) is 9.40. The summed E-state index contributed by atoms with van der Waals surface area (Å²) in [6, 6.07) is 4.83. The molecule has 0 aliphatic carbocycles. The molecule has 0 fully saturated rings. The first-order chi connectivity index (χ1) is 8.13. The number of amides is 1. The van der Waals surface area contributed by atoms with Gasteiger partial charge < -0.3 is 15.5 Å². The Morgan fingerprint density at radius 3 is 3.00 bits per heavy atom. The second-order valence-corrected chi connectivity index (χ2v) is 3.65. The second kappa shape index (κ2) is 4.42. The van der Waals surface area contributed by atoms with Crippen molar-refractivity contribution in [2.75, 3.05) is 13.1 Å². The molecule has 0 radical (unpaired) electrons. The van der Waals surface area contributed by atoms with Gasteiger partial charge in [-0.15, -0.1) is 0 Å². The highest BCUT2D eigenvalue weighted by Crippen LogP contribution is 2.14. The summed E-state index contributed by atoms with van der Waals surface area (Å²) < 4.78 is 6.33. The molecular weight excluding hydrogens is 222 g/mol. The number of aromatic nitrogens is 1. The normalized spacial score (nSPS) is 10.7. The summed E-state index contributed by atoms with van der Waals surface area (Å²) in [7, 11) is 1.59. The molecule has 1 aromatic heterocycles. The lowest BCUT2D eigenvalue weighted by Crippen LogP contribution is -2.28. The van der Waals surface area contributed by atoms with Crippen molar-refractivity contribution in [1.82, 2.24) is 9.88 Å². The van der Waals surface area contributed by atoms with Crippen LogP contribution in [0.1, 0.15) is 10.4 Å². The average molecular weight is 235 g/mol. The van der Waals surface area contributed by atoms with Gasteiger partial charge in [-0.05, 0) is 18.2 Å². The van der Waals surface area contributed by atoms with E-state index < -0.39 is 5.76 Å². The molecule has 1 heterocycles. The average Bonchev–Trinajstić information content (AvgIpc) is 2.62. The summed E-state index contributed by atoms with van der Waals surface area (Å²) in [5, 5.41) is 2.66. The van der Waals surface area contributed by atoms with Crippen LogP contribution in [-0.4, -0.2) is 23.6 Å². The fourth-order valence-corrected chi connectivity index (χ4v) is 1.56. The van der Waals surface area contributed by atoms with Gasteiger partial charge in [0, 0.05) is 25.7 Å². The van der Waals surface area contributed by atoms with E-state index in [1.165, 1.54) is 4.57 Å². The zero-order chi connectivity index (χ0) is 12.4. The first-order valence-electron chi connectivity index (χ1n) is 5.21. The molecule has 0 atom stereocenters. The maximum absolute atomic E-state index is 11.7.